The fourth-order valence-corrected chi connectivity index (χ4v) is 3.08. The summed E-state index contributed by atoms with van der Waals surface area (Å²) >= 11 is 0. The van der Waals surface area contributed by atoms with E-state index < -0.39 is 35.7 Å². The molecule has 1 aliphatic carbocycles. The molecule has 4 N–H and O–H groups in total. The van der Waals surface area contributed by atoms with Crippen molar-refractivity contribution in [2.45, 2.75) is 56.2 Å². The first-order chi connectivity index (χ1) is 10.3. The van der Waals surface area contributed by atoms with Crippen molar-refractivity contribution in [1.82, 2.24) is 0 Å². The number of fused-ring (bicyclic) bond motifs is 1. The van der Waals surface area contributed by atoms with Gasteiger partial charge >= 0.3 is 0 Å². The average molecular weight is 309 g/mol. The maximum absolute atomic E-state index is 10.7. The standard InChI is InChI=1S/C16H23NO5/c1-15(2)21-9-16(19)13(17)11(18)12(14(16)22-15)20-8-10-6-4-3-5-7-10/h3-7,11-14,18-19H,8-9,17H2,1-2H3/t11-,12+,13+,14-,16-/m0/s1. The molecular weight excluding hydrogens is 286 g/mol. The molecule has 1 saturated carbocycles. The second-order valence-electron chi connectivity index (χ2n) is 6.50. The van der Waals surface area contributed by atoms with Gasteiger partial charge in [-0.15, -0.1) is 0 Å². The Balaban J connectivity index is 1.77. The number of ether oxygens (including phenoxy) is 3. The van der Waals surface area contributed by atoms with E-state index in [1.165, 1.54) is 0 Å². The Hall–Kier alpha value is -1.02. The van der Waals surface area contributed by atoms with Crippen LogP contribution in [0.2, 0.25) is 0 Å². The Labute approximate surface area is 129 Å². The third kappa shape index (κ3) is 2.67. The van der Waals surface area contributed by atoms with Crippen LogP contribution in [0.4, 0.5) is 0 Å². The minimum atomic E-state index is -1.45. The first-order valence-corrected chi connectivity index (χ1v) is 7.47. The molecular formula is C16H23NO5. The molecule has 0 amide bonds. The third-order valence-corrected chi connectivity index (χ3v) is 4.42. The lowest BCUT2D eigenvalue weighted by Crippen LogP contribution is -2.63. The van der Waals surface area contributed by atoms with E-state index in [2.05, 4.69) is 0 Å². The zero-order valence-corrected chi connectivity index (χ0v) is 12.8. The summed E-state index contributed by atoms with van der Waals surface area (Å²) in [4.78, 5) is 0. The van der Waals surface area contributed by atoms with Crippen LogP contribution >= 0.6 is 0 Å². The van der Waals surface area contributed by atoms with Crippen LogP contribution in [0.1, 0.15) is 19.4 Å². The monoisotopic (exact) mass is 309 g/mol. The molecule has 0 spiro atoms. The van der Waals surface area contributed by atoms with Gasteiger partial charge < -0.3 is 30.2 Å². The van der Waals surface area contributed by atoms with Crippen molar-refractivity contribution in [2.75, 3.05) is 6.61 Å². The summed E-state index contributed by atoms with van der Waals surface area (Å²) in [5.41, 5.74) is 5.50. The van der Waals surface area contributed by atoms with Crippen LogP contribution in [0, 0.1) is 0 Å². The summed E-state index contributed by atoms with van der Waals surface area (Å²) in [6.07, 6.45) is -2.45. The molecule has 1 heterocycles. The van der Waals surface area contributed by atoms with Crippen molar-refractivity contribution in [2.24, 2.45) is 5.73 Å². The number of rotatable bonds is 3. The molecule has 1 aromatic rings. The summed E-state index contributed by atoms with van der Waals surface area (Å²) in [7, 11) is 0. The number of aliphatic hydroxyl groups excluding tert-OH is 1. The molecule has 1 saturated heterocycles. The smallest absolute Gasteiger partial charge is 0.163 e. The van der Waals surface area contributed by atoms with Crippen LogP contribution in [0.25, 0.3) is 0 Å². The Bertz CT molecular complexity index is 523. The Morgan fingerprint density at radius 1 is 1.32 bits per heavy atom. The first-order valence-electron chi connectivity index (χ1n) is 7.47. The number of benzene rings is 1. The molecule has 2 aliphatic rings. The Morgan fingerprint density at radius 2 is 2.00 bits per heavy atom. The molecule has 0 aromatic heterocycles. The van der Waals surface area contributed by atoms with Gasteiger partial charge in [0.15, 0.2) is 5.79 Å². The van der Waals surface area contributed by atoms with Gasteiger partial charge in [-0.2, -0.15) is 0 Å². The SMILES string of the molecule is CC1(C)OC[C@]2(O)[C@H](N)[C@@H](O)[C@@H](OCc3ccccc3)[C@@H]2O1. The number of hydrogen-bond acceptors (Lipinski definition) is 6. The maximum Gasteiger partial charge on any atom is 0.163 e. The molecule has 1 aromatic carbocycles. The molecule has 6 heteroatoms. The molecule has 3 rings (SSSR count). The van der Waals surface area contributed by atoms with Gasteiger partial charge in [0, 0.05) is 0 Å². The van der Waals surface area contributed by atoms with E-state index in [4.69, 9.17) is 19.9 Å². The van der Waals surface area contributed by atoms with Crippen molar-refractivity contribution in [3.63, 3.8) is 0 Å². The van der Waals surface area contributed by atoms with Crippen LogP contribution in [-0.2, 0) is 20.8 Å². The van der Waals surface area contributed by atoms with Gasteiger partial charge in [0.2, 0.25) is 0 Å². The van der Waals surface area contributed by atoms with E-state index in [1.54, 1.807) is 13.8 Å². The average Bonchev–Trinajstić information content (AvgIpc) is 2.67. The largest absolute Gasteiger partial charge is 0.389 e. The van der Waals surface area contributed by atoms with Crippen LogP contribution in [0.15, 0.2) is 30.3 Å². The topological polar surface area (TPSA) is 94.2 Å². The lowest BCUT2D eigenvalue weighted by molar-refractivity contribution is -0.339. The van der Waals surface area contributed by atoms with E-state index in [-0.39, 0.29) is 6.61 Å². The quantitative estimate of drug-likeness (QED) is 0.736. The van der Waals surface area contributed by atoms with Crippen molar-refractivity contribution in [3.05, 3.63) is 35.9 Å². The zero-order chi connectivity index (χ0) is 16.0. The van der Waals surface area contributed by atoms with Crippen molar-refractivity contribution in [3.8, 4) is 0 Å². The molecule has 5 atom stereocenters. The fraction of sp³-hybridized carbons (Fsp3) is 0.625. The van der Waals surface area contributed by atoms with E-state index in [0.29, 0.717) is 6.61 Å². The minimum absolute atomic E-state index is 0.00803. The van der Waals surface area contributed by atoms with Gasteiger partial charge in [-0.05, 0) is 19.4 Å². The van der Waals surface area contributed by atoms with Crippen molar-refractivity contribution >= 4 is 0 Å². The summed E-state index contributed by atoms with van der Waals surface area (Å²) in [5, 5.41) is 21.1. The molecule has 0 unspecified atom stereocenters. The highest BCUT2D eigenvalue weighted by molar-refractivity contribution is 5.16. The van der Waals surface area contributed by atoms with Crippen LogP contribution in [0.5, 0.6) is 0 Å². The van der Waals surface area contributed by atoms with Crippen LogP contribution < -0.4 is 5.73 Å². The minimum Gasteiger partial charge on any atom is -0.389 e. The summed E-state index contributed by atoms with van der Waals surface area (Å²) < 4.78 is 17.1. The predicted molar refractivity (Wildman–Crippen MR) is 78.9 cm³/mol. The van der Waals surface area contributed by atoms with Gasteiger partial charge in [0.05, 0.1) is 19.3 Å². The highest BCUT2D eigenvalue weighted by Gasteiger charge is 2.63. The molecule has 1 aliphatic heterocycles. The Kier molecular flexibility index (Phi) is 4.01. The third-order valence-electron chi connectivity index (χ3n) is 4.42. The van der Waals surface area contributed by atoms with Gasteiger partial charge in [0.25, 0.3) is 0 Å². The second kappa shape index (κ2) is 5.56. The summed E-state index contributed by atoms with van der Waals surface area (Å²) in [6.45, 7) is 3.84. The summed E-state index contributed by atoms with van der Waals surface area (Å²) in [5.74, 6) is -0.852. The highest BCUT2D eigenvalue weighted by atomic mass is 16.7. The highest BCUT2D eigenvalue weighted by Crippen LogP contribution is 2.41. The van der Waals surface area contributed by atoms with E-state index >= 15 is 0 Å². The maximum atomic E-state index is 10.7. The van der Waals surface area contributed by atoms with E-state index in [9.17, 15) is 10.2 Å². The molecule has 0 bridgehead atoms. The van der Waals surface area contributed by atoms with Gasteiger partial charge in [-0.3, -0.25) is 0 Å². The van der Waals surface area contributed by atoms with E-state index in [1.807, 2.05) is 30.3 Å². The lowest BCUT2D eigenvalue weighted by Gasteiger charge is -2.45. The first kappa shape index (κ1) is 15.9. The molecule has 6 nitrogen and oxygen atoms in total. The van der Waals surface area contributed by atoms with Crippen LogP contribution in [-0.4, -0.2) is 52.6 Å². The number of hydrogen-bond donors (Lipinski definition) is 3. The fourth-order valence-electron chi connectivity index (χ4n) is 3.08. The molecule has 22 heavy (non-hydrogen) atoms. The number of aliphatic hydroxyl groups is 2. The normalized spacial score (nSPS) is 40.4. The lowest BCUT2D eigenvalue weighted by atomic mass is 9.95. The second-order valence-corrected chi connectivity index (χ2v) is 6.50. The number of nitrogens with two attached hydrogens (primary N) is 1. The van der Waals surface area contributed by atoms with Gasteiger partial charge in [0.1, 0.15) is 23.9 Å². The summed E-state index contributed by atoms with van der Waals surface area (Å²) in [6, 6.07) is 8.74. The zero-order valence-electron chi connectivity index (χ0n) is 12.8. The van der Waals surface area contributed by atoms with E-state index in [0.717, 1.165) is 5.56 Å². The molecule has 2 fully saturated rings. The Morgan fingerprint density at radius 3 is 2.68 bits per heavy atom. The van der Waals surface area contributed by atoms with Crippen LogP contribution in [0.3, 0.4) is 0 Å². The predicted octanol–water partition coefficient (Wildman–Crippen LogP) is 0.156. The molecule has 0 radical (unpaired) electrons. The van der Waals surface area contributed by atoms with Crippen molar-refractivity contribution < 1.29 is 24.4 Å². The van der Waals surface area contributed by atoms with Gasteiger partial charge in [-0.1, -0.05) is 30.3 Å². The molecule has 122 valence electrons. The van der Waals surface area contributed by atoms with Crippen molar-refractivity contribution in [1.29, 1.82) is 0 Å². The van der Waals surface area contributed by atoms with Gasteiger partial charge in [-0.25, -0.2) is 0 Å².